The van der Waals surface area contributed by atoms with Crippen LogP contribution >= 0.6 is 11.8 Å². The number of aryl methyl sites for hydroxylation is 2. The van der Waals surface area contributed by atoms with Gasteiger partial charge in [0.2, 0.25) is 0 Å². The van der Waals surface area contributed by atoms with Crippen molar-refractivity contribution >= 4 is 23.1 Å². The number of thioether (sulfide) groups is 1. The maximum atomic E-state index is 10.7. The number of nitrogens with two attached hydrogens (primary N) is 1. The highest BCUT2D eigenvalue weighted by molar-refractivity contribution is 7.98. The second-order valence-electron chi connectivity index (χ2n) is 4.71. The van der Waals surface area contributed by atoms with E-state index in [1.807, 2.05) is 0 Å². The third kappa shape index (κ3) is 3.30. The first-order chi connectivity index (χ1) is 9.47. The minimum atomic E-state index is -0.462. The van der Waals surface area contributed by atoms with Crippen LogP contribution in [0.5, 0.6) is 0 Å². The summed E-state index contributed by atoms with van der Waals surface area (Å²) in [7, 11) is 0. The number of rotatable bonds is 4. The molecule has 2 N–H and O–H groups in total. The Balaban J connectivity index is 2.11. The third-order valence-electron chi connectivity index (χ3n) is 3.01. The Labute approximate surface area is 122 Å². The molecule has 104 valence electrons. The van der Waals surface area contributed by atoms with Crippen LogP contribution in [0.4, 0.5) is 11.4 Å². The van der Waals surface area contributed by atoms with Gasteiger partial charge in [-0.2, -0.15) is 0 Å². The fourth-order valence-corrected chi connectivity index (χ4v) is 2.93. The molecule has 0 amide bonds. The van der Waals surface area contributed by atoms with E-state index in [1.54, 1.807) is 23.9 Å². The molecule has 5 heteroatoms. The topological polar surface area (TPSA) is 69.2 Å². The molecule has 0 aliphatic rings. The number of nitro benzene ring substituents is 1. The Morgan fingerprint density at radius 1 is 1.20 bits per heavy atom. The molecular formula is C15H16N2O2S. The van der Waals surface area contributed by atoms with Crippen LogP contribution in [0.2, 0.25) is 0 Å². The van der Waals surface area contributed by atoms with E-state index in [9.17, 15) is 10.1 Å². The van der Waals surface area contributed by atoms with E-state index < -0.39 is 4.92 Å². The van der Waals surface area contributed by atoms with Crippen molar-refractivity contribution in [1.29, 1.82) is 0 Å². The lowest BCUT2D eigenvalue weighted by Gasteiger charge is -2.07. The summed E-state index contributed by atoms with van der Waals surface area (Å²) in [5.41, 5.74) is 9.34. The van der Waals surface area contributed by atoms with Gasteiger partial charge in [-0.1, -0.05) is 23.8 Å². The molecule has 0 spiro atoms. The van der Waals surface area contributed by atoms with E-state index in [1.165, 1.54) is 22.1 Å². The average molecular weight is 288 g/mol. The van der Waals surface area contributed by atoms with Gasteiger partial charge in [0, 0.05) is 16.7 Å². The molecule has 0 atom stereocenters. The Morgan fingerprint density at radius 3 is 2.55 bits per heavy atom. The van der Waals surface area contributed by atoms with Gasteiger partial charge in [0.05, 0.1) is 4.92 Å². The number of benzene rings is 2. The fraction of sp³-hybridized carbons (Fsp3) is 0.200. The smallest absolute Gasteiger partial charge is 0.292 e. The van der Waals surface area contributed by atoms with Gasteiger partial charge in [-0.25, -0.2) is 0 Å². The van der Waals surface area contributed by atoms with Crippen LogP contribution in [0.1, 0.15) is 16.7 Å². The Hall–Kier alpha value is -2.01. The lowest BCUT2D eigenvalue weighted by atomic mass is 10.2. The Morgan fingerprint density at radius 2 is 1.95 bits per heavy atom. The molecule has 2 aromatic rings. The molecule has 0 aliphatic carbocycles. The lowest BCUT2D eigenvalue weighted by Crippen LogP contribution is -1.96. The minimum absolute atomic E-state index is 0.0368. The third-order valence-corrected chi connectivity index (χ3v) is 4.26. The standard InChI is InChI=1S/C15H16N2O2S/c1-10-3-6-15(11(2)7-10)20-9-12-4-5-14(17(18)19)13(16)8-12/h3-8H,9,16H2,1-2H3. The number of nitrogen functional groups attached to an aromatic ring is 1. The monoisotopic (exact) mass is 288 g/mol. The molecule has 20 heavy (non-hydrogen) atoms. The van der Waals surface area contributed by atoms with Crippen LogP contribution in [0.25, 0.3) is 0 Å². The van der Waals surface area contributed by atoms with Crippen molar-refractivity contribution in [3.8, 4) is 0 Å². The minimum Gasteiger partial charge on any atom is -0.393 e. The molecule has 0 radical (unpaired) electrons. The van der Waals surface area contributed by atoms with Crippen molar-refractivity contribution in [2.24, 2.45) is 0 Å². The van der Waals surface area contributed by atoms with Gasteiger partial charge in [-0.05, 0) is 37.1 Å². The molecule has 0 heterocycles. The molecule has 0 aliphatic heterocycles. The first kappa shape index (κ1) is 14.4. The van der Waals surface area contributed by atoms with Crippen LogP contribution in [-0.4, -0.2) is 4.92 Å². The van der Waals surface area contributed by atoms with Gasteiger partial charge in [0.15, 0.2) is 0 Å². The van der Waals surface area contributed by atoms with Crippen molar-refractivity contribution in [3.63, 3.8) is 0 Å². The van der Waals surface area contributed by atoms with E-state index >= 15 is 0 Å². The van der Waals surface area contributed by atoms with Crippen LogP contribution in [0, 0.1) is 24.0 Å². The van der Waals surface area contributed by atoms with Gasteiger partial charge >= 0.3 is 0 Å². The van der Waals surface area contributed by atoms with Gasteiger partial charge in [-0.15, -0.1) is 11.8 Å². The van der Waals surface area contributed by atoms with E-state index in [0.29, 0.717) is 0 Å². The van der Waals surface area contributed by atoms with E-state index in [2.05, 4.69) is 32.0 Å². The molecule has 0 fully saturated rings. The number of nitrogens with zero attached hydrogens (tertiary/aromatic N) is 1. The SMILES string of the molecule is Cc1ccc(SCc2ccc([N+](=O)[O-])c(N)c2)c(C)c1. The predicted molar refractivity (Wildman–Crippen MR) is 83.0 cm³/mol. The van der Waals surface area contributed by atoms with Crippen LogP contribution in [0.3, 0.4) is 0 Å². The summed E-state index contributed by atoms with van der Waals surface area (Å²) in [6.45, 7) is 4.15. The number of hydrogen-bond acceptors (Lipinski definition) is 4. The highest BCUT2D eigenvalue weighted by Gasteiger charge is 2.11. The molecule has 0 unspecified atom stereocenters. The second-order valence-corrected chi connectivity index (χ2v) is 5.73. The zero-order valence-electron chi connectivity index (χ0n) is 11.4. The summed E-state index contributed by atoms with van der Waals surface area (Å²) in [5.74, 6) is 0.742. The summed E-state index contributed by atoms with van der Waals surface area (Å²) in [4.78, 5) is 11.5. The predicted octanol–water partition coefficient (Wildman–Crippen LogP) is 4.09. The van der Waals surface area contributed by atoms with Crippen molar-refractivity contribution < 1.29 is 4.92 Å². The number of hydrogen-bond donors (Lipinski definition) is 1. The van der Waals surface area contributed by atoms with Gasteiger partial charge in [0.25, 0.3) is 5.69 Å². The summed E-state index contributed by atoms with van der Waals surface area (Å²) < 4.78 is 0. The van der Waals surface area contributed by atoms with Crippen molar-refractivity contribution in [2.45, 2.75) is 24.5 Å². The quantitative estimate of drug-likeness (QED) is 0.398. The molecule has 2 aromatic carbocycles. The fourth-order valence-electron chi connectivity index (χ4n) is 1.98. The molecule has 2 rings (SSSR count). The molecule has 0 aromatic heterocycles. The Bertz CT molecular complexity index is 656. The van der Waals surface area contributed by atoms with Crippen LogP contribution < -0.4 is 5.73 Å². The zero-order chi connectivity index (χ0) is 14.7. The van der Waals surface area contributed by atoms with E-state index in [-0.39, 0.29) is 11.4 Å². The van der Waals surface area contributed by atoms with Crippen molar-refractivity contribution in [2.75, 3.05) is 5.73 Å². The summed E-state index contributed by atoms with van der Waals surface area (Å²) in [6.07, 6.45) is 0. The van der Waals surface area contributed by atoms with Crippen molar-refractivity contribution in [3.05, 3.63) is 63.2 Å². The number of nitro groups is 1. The highest BCUT2D eigenvalue weighted by Crippen LogP contribution is 2.29. The van der Waals surface area contributed by atoms with Crippen molar-refractivity contribution in [1.82, 2.24) is 0 Å². The normalized spacial score (nSPS) is 10.5. The maximum Gasteiger partial charge on any atom is 0.292 e. The summed E-state index contributed by atoms with van der Waals surface area (Å²) in [5, 5.41) is 10.7. The molecule has 4 nitrogen and oxygen atoms in total. The second kappa shape index (κ2) is 5.96. The molecule has 0 bridgehead atoms. The van der Waals surface area contributed by atoms with Gasteiger partial charge in [-0.3, -0.25) is 10.1 Å². The molecular weight excluding hydrogens is 272 g/mol. The lowest BCUT2D eigenvalue weighted by molar-refractivity contribution is -0.383. The summed E-state index contributed by atoms with van der Waals surface area (Å²) >= 11 is 1.71. The number of anilines is 1. The van der Waals surface area contributed by atoms with E-state index in [0.717, 1.165) is 11.3 Å². The largest absolute Gasteiger partial charge is 0.393 e. The van der Waals surface area contributed by atoms with Gasteiger partial charge < -0.3 is 5.73 Å². The maximum absolute atomic E-state index is 10.7. The zero-order valence-corrected chi connectivity index (χ0v) is 12.2. The van der Waals surface area contributed by atoms with Crippen LogP contribution in [0.15, 0.2) is 41.3 Å². The molecule has 0 saturated heterocycles. The highest BCUT2D eigenvalue weighted by atomic mass is 32.2. The van der Waals surface area contributed by atoms with Gasteiger partial charge in [0.1, 0.15) is 5.69 Å². The molecule has 0 saturated carbocycles. The summed E-state index contributed by atoms with van der Waals surface area (Å²) in [6, 6.07) is 11.2. The first-order valence-electron chi connectivity index (χ1n) is 6.20. The first-order valence-corrected chi connectivity index (χ1v) is 7.19. The average Bonchev–Trinajstić information content (AvgIpc) is 2.37. The Kier molecular flexibility index (Phi) is 4.29. The van der Waals surface area contributed by atoms with Crippen LogP contribution in [-0.2, 0) is 5.75 Å². The van der Waals surface area contributed by atoms with E-state index in [4.69, 9.17) is 5.73 Å².